The first kappa shape index (κ1) is 9.86. The molecular weight excluding hydrogens is 184 g/mol. The number of hydrogen-bond donors (Lipinski definition) is 0. The average molecular weight is 206 g/mol. The van der Waals surface area contributed by atoms with Crippen LogP contribution in [0.25, 0.3) is 0 Å². The molecule has 0 saturated heterocycles. The van der Waals surface area contributed by atoms with Crippen molar-refractivity contribution >= 4 is 5.78 Å². The minimum absolute atomic E-state index is 0.469. The summed E-state index contributed by atoms with van der Waals surface area (Å²) in [7, 11) is 0. The first-order chi connectivity index (χ1) is 7.34. The minimum atomic E-state index is 0.469. The van der Waals surface area contributed by atoms with E-state index in [1.165, 1.54) is 57.8 Å². The Morgan fingerprint density at radius 3 is 2.13 bits per heavy atom. The fourth-order valence-corrected chi connectivity index (χ4v) is 3.83. The van der Waals surface area contributed by atoms with Gasteiger partial charge in [0, 0.05) is 11.8 Å². The summed E-state index contributed by atoms with van der Waals surface area (Å²) in [6.07, 6.45) is 12.0. The zero-order valence-corrected chi connectivity index (χ0v) is 9.58. The molecule has 0 aliphatic heterocycles. The van der Waals surface area contributed by atoms with E-state index in [-0.39, 0.29) is 0 Å². The van der Waals surface area contributed by atoms with E-state index in [1.807, 2.05) is 0 Å². The van der Waals surface area contributed by atoms with Crippen LogP contribution in [0.3, 0.4) is 0 Å². The van der Waals surface area contributed by atoms with E-state index in [4.69, 9.17) is 0 Å². The zero-order chi connectivity index (χ0) is 10.3. The molecule has 3 saturated carbocycles. The van der Waals surface area contributed by atoms with E-state index in [1.54, 1.807) is 0 Å². The number of rotatable bonds is 2. The zero-order valence-electron chi connectivity index (χ0n) is 9.58. The van der Waals surface area contributed by atoms with E-state index >= 15 is 0 Å². The number of carbonyl (C=O) groups is 1. The van der Waals surface area contributed by atoms with Gasteiger partial charge < -0.3 is 0 Å². The molecule has 0 radical (unpaired) electrons. The third-order valence-corrected chi connectivity index (χ3v) is 4.92. The SMILES string of the molecule is O=C(C1CC1)C1CCC2CCCCC2C1. The fourth-order valence-electron chi connectivity index (χ4n) is 3.83. The van der Waals surface area contributed by atoms with Gasteiger partial charge in [0.15, 0.2) is 0 Å². The predicted molar refractivity (Wildman–Crippen MR) is 60.5 cm³/mol. The van der Waals surface area contributed by atoms with Gasteiger partial charge in [0.25, 0.3) is 0 Å². The van der Waals surface area contributed by atoms with Crippen LogP contribution in [0, 0.1) is 23.7 Å². The van der Waals surface area contributed by atoms with Crippen molar-refractivity contribution < 1.29 is 4.79 Å². The summed E-state index contributed by atoms with van der Waals surface area (Å²) in [6, 6.07) is 0. The second-order valence-electron chi connectivity index (χ2n) is 5.99. The van der Waals surface area contributed by atoms with Gasteiger partial charge in [0.1, 0.15) is 5.78 Å². The molecule has 3 aliphatic rings. The molecule has 1 nitrogen and oxygen atoms in total. The lowest BCUT2D eigenvalue weighted by Crippen LogP contribution is -2.31. The topological polar surface area (TPSA) is 17.1 Å². The quantitative estimate of drug-likeness (QED) is 0.675. The number of hydrogen-bond acceptors (Lipinski definition) is 1. The van der Waals surface area contributed by atoms with Crippen molar-refractivity contribution in [3.63, 3.8) is 0 Å². The maximum Gasteiger partial charge on any atom is 0.139 e. The maximum absolute atomic E-state index is 12.0. The lowest BCUT2D eigenvalue weighted by Gasteiger charge is -2.38. The van der Waals surface area contributed by atoms with Crippen LogP contribution in [0.5, 0.6) is 0 Å². The van der Waals surface area contributed by atoms with Crippen molar-refractivity contribution in [3.05, 3.63) is 0 Å². The number of ketones is 1. The first-order valence-electron chi connectivity index (χ1n) is 6.88. The highest BCUT2D eigenvalue weighted by Crippen LogP contribution is 2.45. The average Bonchev–Trinajstić information content (AvgIpc) is 3.11. The van der Waals surface area contributed by atoms with Crippen molar-refractivity contribution in [3.8, 4) is 0 Å². The Morgan fingerprint density at radius 2 is 1.40 bits per heavy atom. The molecule has 3 fully saturated rings. The largest absolute Gasteiger partial charge is 0.299 e. The summed E-state index contributed by atoms with van der Waals surface area (Å²) < 4.78 is 0. The van der Waals surface area contributed by atoms with Gasteiger partial charge in [-0.2, -0.15) is 0 Å². The van der Waals surface area contributed by atoms with Gasteiger partial charge >= 0.3 is 0 Å². The molecule has 3 atom stereocenters. The Bertz CT molecular complexity index is 254. The van der Waals surface area contributed by atoms with Crippen LogP contribution in [-0.2, 0) is 4.79 Å². The molecule has 0 aromatic heterocycles. The predicted octanol–water partition coefficient (Wildman–Crippen LogP) is 3.57. The Kier molecular flexibility index (Phi) is 2.58. The molecule has 0 bridgehead atoms. The van der Waals surface area contributed by atoms with Crippen molar-refractivity contribution in [2.75, 3.05) is 0 Å². The van der Waals surface area contributed by atoms with Gasteiger partial charge in [-0.05, 0) is 43.9 Å². The van der Waals surface area contributed by atoms with Crippen molar-refractivity contribution in [1.29, 1.82) is 0 Å². The highest BCUT2D eigenvalue weighted by Gasteiger charge is 2.39. The fraction of sp³-hybridized carbons (Fsp3) is 0.929. The van der Waals surface area contributed by atoms with Crippen molar-refractivity contribution in [1.82, 2.24) is 0 Å². The normalized spacial score (nSPS) is 40.9. The highest BCUT2D eigenvalue weighted by molar-refractivity contribution is 5.85. The second-order valence-corrected chi connectivity index (χ2v) is 5.99. The van der Waals surface area contributed by atoms with Crippen LogP contribution < -0.4 is 0 Å². The molecule has 0 aromatic rings. The number of carbonyl (C=O) groups excluding carboxylic acids is 1. The van der Waals surface area contributed by atoms with Gasteiger partial charge in [0.2, 0.25) is 0 Å². The van der Waals surface area contributed by atoms with Crippen LogP contribution in [0.1, 0.15) is 57.8 Å². The molecule has 84 valence electrons. The van der Waals surface area contributed by atoms with Crippen LogP contribution in [0.15, 0.2) is 0 Å². The Morgan fingerprint density at radius 1 is 0.733 bits per heavy atom. The van der Waals surface area contributed by atoms with Gasteiger partial charge in [-0.1, -0.05) is 25.7 Å². The first-order valence-corrected chi connectivity index (χ1v) is 6.88. The van der Waals surface area contributed by atoms with Gasteiger partial charge in [-0.25, -0.2) is 0 Å². The summed E-state index contributed by atoms with van der Waals surface area (Å²) in [5.41, 5.74) is 0. The van der Waals surface area contributed by atoms with Gasteiger partial charge in [0.05, 0.1) is 0 Å². The Hall–Kier alpha value is -0.330. The third kappa shape index (κ3) is 1.98. The van der Waals surface area contributed by atoms with E-state index in [0.717, 1.165) is 11.8 Å². The molecule has 0 N–H and O–H groups in total. The number of Topliss-reactive ketones (excluding diaryl/α,β-unsaturated/α-hetero) is 1. The molecule has 3 rings (SSSR count). The number of fused-ring (bicyclic) bond motifs is 1. The molecule has 0 spiro atoms. The summed E-state index contributed by atoms with van der Waals surface area (Å²) in [6.45, 7) is 0. The van der Waals surface area contributed by atoms with Crippen LogP contribution in [0.2, 0.25) is 0 Å². The van der Waals surface area contributed by atoms with Gasteiger partial charge in [-0.3, -0.25) is 4.79 Å². The molecular formula is C14H22O. The third-order valence-electron chi connectivity index (χ3n) is 4.92. The molecule has 0 amide bonds. The van der Waals surface area contributed by atoms with Crippen molar-refractivity contribution in [2.24, 2.45) is 23.7 Å². The maximum atomic E-state index is 12.0. The molecule has 0 aromatic carbocycles. The molecule has 1 heteroatoms. The van der Waals surface area contributed by atoms with E-state index < -0.39 is 0 Å². The summed E-state index contributed by atoms with van der Waals surface area (Å²) in [5.74, 6) is 3.51. The van der Waals surface area contributed by atoms with Crippen LogP contribution in [-0.4, -0.2) is 5.78 Å². The van der Waals surface area contributed by atoms with Crippen LogP contribution in [0.4, 0.5) is 0 Å². The summed E-state index contributed by atoms with van der Waals surface area (Å²) >= 11 is 0. The lowest BCUT2D eigenvalue weighted by atomic mass is 9.66. The molecule has 3 unspecified atom stereocenters. The summed E-state index contributed by atoms with van der Waals surface area (Å²) in [5, 5.41) is 0. The Labute approximate surface area is 92.6 Å². The van der Waals surface area contributed by atoms with E-state index in [0.29, 0.717) is 17.6 Å². The standard InChI is InChI=1S/C14H22O/c15-14(11-6-7-11)13-8-5-10-3-1-2-4-12(10)9-13/h10-13H,1-9H2. The molecule has 15 heavy (non-hydrogen) atoms. The van der Waals surface area contributed by atoms with E-state index in [2.05, 4.69) is 0 Å². The highest BCUT2D eigenvalue weighted by atomic mass is 16.1. The summed E-state index contributed by atoms with van der Waals surface area (Å²) in [4.78, 5) is 12.0. The minimum Gasteiger partial charge on any atom is -0.299 e. The molecule has 3 aliphatic carbocycles. The van der Waals surface area contributed by atoms with Crippen LogP contribution >= 0.6 is 0 Å². The lowest BCUT2D eigenvalue weighted by molar-refractivity contribution is -0.126. The smallest absolute Gasteiger partial charge is 0.139 e. The monoisotopic (exact) mass is 206 g/mol. The van der Waals surface area contributed by atoms with Gasteiger partial charge in [-0.15, -0.1) is 0 Å². The van der Waals surface area contributed by atoms with E-state index in [9.17, 15) is 4.79 Å². The molecule has 0 heterocycles. The second kappa shape index (κ2) is 3.92. The van der Waals surface area contributed by atoms with Crippen molar-refractivity contribution in [2.45, 2.75) is 57.8 Å². The Balaban J connectivity index is 1.61.